The number of hydrogen-bond donors (Lipinski definition) is 0. The van der Waals surface area contributed by atoms with Crippen LogP contribution in [0.2, 0.25) is 0 Å². The summed E-state index contributed by atoms with van der Waals surface area (Å²) in [5.74, 6) is 0.647. The molecule has 2 rings (SSSR count). The number of ether oxygens (including phenoxy) is 2. The first-order valence-electron chi connectivity index (χ1n) is 5.11. The molecule has 0 spiro atoms. The summed E-state index contributed by atoms with van der Waals surface area (Å²) in [4.78, 5) is 11.2. The summed E-state index contributed by atoms with van der Waals surface area (Å²) < 4.78 is 11.4. The van der Waals surface area contributed by atoms with E-state index in [1.54, 1.807) is 7.11 Å². The Morgan fingerprint density at radius 3 is 2.75 bits per heavy atom. The van der Waals surface area contributed by atoms with Crippen molar-refractivity contribution >= 4 is 21.9 Å². The summed E-state index contributed by atoms with van der Waals surface area (Å²) in [6, 6.07) is 5.69. The summed E-state index contributed by atoms with van der Waals surface area (Å²) in [6.07, 6.45) is 1.20. The molecule has 16 heavy (non-hydrogen) atoms. The van der Waals surface area contributed by atoms with Gasteiger partial charge in [-0.3, -0.25) is 4.79 Å². The van der Waals surface area contributed by atoms with Crippen LogP contribution in [0.25, 0.3) is 0 Å². The fourth-order valence-electron chi connectivity index (χ4n) is 1.94. The van der Waals surface area contributed by atoms with E-state index >= 15 is 0 Å². The number of benzene rings is 1. The monoisotopic (exact) mass is 284 g/mol. The van der Waals surface area contributed by atoms with Gasteiger partial charge in [0.05, 0.1) is 7.11 Å². The van der Waals surface area contributed by atoms with Crippen LogP contribution in [-0.2, 0) is 15.1 Å². The third-order valence-corrected chi connectivity index (χ3v) is 3.55. The van der Waals surface area contributed by atoms with Crippen LogP contribution in [0.4, 0.5) is 0 Å². The zero-order chi connectivity index (χ0) is 11.8. The van der Waals surface area contributed by atoms with E-state index in [4.69, 9.17) is 9.47 Å². The summed E-state index contributed by atoms with van der Waals surface area (Å²) in [6.45, 7) is 1.93. The van der Waals surface area contributed by atoms with E-state index in [1.807, 2.05) is 25.1 Å². The van der Waals surface area contributed by atoms with Crippen molar-refractivity contribution < 1.29 is 14.3 Å². The third-order valence-electron chi connectivity index (χ3n) is 2.89. The van der Waals surface area contributed by atoms with E-state index in [-0.39, 0.29) is 5.97 Å². The van der Waals surface area contributed by atoms with Gasteiger partial charge in [0.2, 0.25) is 0 Å². The predicted molar refractivity (Wildman–Crippen MR) is 63.4 cm³/mol. The smallest absolute Gasteiger partial charge is 0.306 e. The van der Waals surface area contributed by atoms with Crippen LogP contribution in [0.3, 0.4) is 0 Å². The van der Waals surface area contributed by atoms with Crippen LogP contribution in [0.1, 0.15) is 25.3 Å². The molecule has 1 aromatic rings. The number of hydrogen-bond acceptors (Lipinski definition) is 3. The van der Waals surface area contributed by atoms with E-state index in [1.165, 1.54) is 0 Å². The lowest BCUT2D eigenvalue weighted by Gasteiger charge is -2.24. The molecule has 86 valence electrons. The van der Waals surface area contributed by atoms with Crippen molar-refractivity contribution in [3.63, 3.8) is 0 Å². The highest BCUT2D eigenvalue weighted by Crippen LogP contribution is 2.40. The van der Waals surface area contributed by atoms with Gasteiger partial charge in [0.15, 0.2) is 0 Å². The van der Waals surface area contributed by atoms with Gasteiger partial charge in [0, 0.05) is 22.9 Å². The van der Waals surface area contributed by atoms with Gasteiger partial charge < -0.3 is 9.47 Å². The van der Waals surface area contributed by atoms with Crippen LogP contribution in [0.5, 0.6) is 5.75 Å². The Bertz CT molecular complexity index is 430. The first kappa shape index (κ1) is 11.5. The van der Waals surface area contributed by atoms with Crippen molar-refractivity contribution in [1.82, 2.24) is 0 Å². The zero-order valence-electron chi connectivity index (χ0n) is 9.25. The first-order chi connectivity index (χ1) is 7.55. The van der Waals surface area contributed by atoms with Crippen molar-refractivity contribution in [3.8, 4) is 5.75 Å². The molecule has 1 saturated heterocycles. The quantitative estimate of drug-likeness (QED) is 0.784. The molecule has 0 saturated carbocycles. The summed E-state index contributed by atoms with van der Waals surface area (Å²) in [7, 11) is 1.62. The number of halogens is 1. The topological polar surface area (TPSA) is 35.5 Å². The maximum atomic E-state index is 11.2. The fraction of sp³-hybridized carbons (Fsp3) is 0.417. The normalized spacial score (nSPS) is 24.3. The van der Waals surface area contributed by atoms with Crippen molar-refractivity contribution in [2.45, 2.75) is 25.4 Å². The molecular weight excluding hydrogens is 272 g/mol. The molecular formula is C12H13BrO3. The van der Waals surface area contributed by atoms with Gasteiger partial charge >= 0.3 is 5.97 Å². The standard InChI is InChI=1S/C12H13BrO3/c1-12(6-5-11(14)16-12)9-4-3-8(15-2)7-10(9)13/h3-4,7H,5-6H2,1-2H3. The minimum Gasteiger partial charge on any atom is -0.497 e. The van der Waals surface area contributed by atoms with Crippen molar-refractivity contribution in [3.05, 3.63) is 28.2 Å². The highest BCUT2D eigenvalue weighted by Gasteiger charge is 2.38. The van der Waals surface area contributed by atoms with E-state index in [2.05, 4.69) is 15.9 Å². The van der Waals surface area contributed by atoms with Gasteiger partial charge in [0.1, 0.15) is 11.4 Å². The van der Waals surface area contributed by atoms with Gasteiger partial charge in [-0.25, -0.2) is 0 Å². The third kappa shape index (κ3) is 1.94. The number of carbonyl (C=O) groups is 1. The zero-order valence-corrected chi connectivity index (χ0v) is 10.8. The average Bonchev–Trinajstić information content (AvgIpc) is 2.59. The molecule has 0 bridgehead atoms. The second-order valence-corrected chi connectivity index (χ2v) is 4.91. The summed E-state index contributed by atoms with van der Waals surface area (Å²) in [5.41, 5.74) is 0.474. The van der Waals surface area contributed by atoms with E-state index < -0.39 is 5.60 Å². The number of carbonyl (C=O) groups excluding carboxylic acids is 1. The van der Waals surface area contributed by atoms with Crippen LogP contribution in [0, 0.1) is 0 Å². The summed E-state index contributed by atoms with van der Waals surface area (Å²) >= 11 is 3.48. The Balaban J connectivity index is 2.37. The Hall–Kier alpha value is -1.03. The minimum absolute atomic E-state index is 0.134. The molecule has 1 aromatic carbocycles. The Morgan fingerprint density at radius 1 is 1.50 bits per heavy atom. The van der Waals surface area contributed by atoms with E-state index in [0.29, 0.717) is 6.42 Å². The van der Waals surface area contributed by atoms with Gasteiger partial charge in [-0.15, -0.1) is 0 Å². The lowest BCUT2D eigenvalue weighted by molar-refractivity contribution is -0.147. The molecule has 1 aliphatic rings. The van der Waals surface area contributed by atoms with Gasteiger partial charge in [0.25, 0.3) is 0 Å². The first-order valence-corrected chi connectivity index (χ1v) is 5.90. The number of rotatable bonds is 2. The molecule has 4 heteroatoms. The SMILES string of the molecule is COc1ccc(C2(C)CCC(=O)O2)c(Br)c1. The second-order valence-electron chi connectivity index (χ2n) is 4.05. The van der Waals surface area contributed by atoms with Crippen molar-refractivity contribution in [2.75, 3.05) is 7.11 Å². The minimum atomic E-state index is -0.512. The fourth-order valence-corrected chi connectivity index (χ4v) is 2.71. The molecule has 0 N–H and O–H groups in total. The maximum absolute atomic E-state index is 11.2. The van der Waals surface area contributed by atoms with Crippen LogP contribution in [-0.4, -0.2) is 13.1 Å². The number of esters is 1. The largest absolute Gasteiger partial charge is 0.497 e. The average molecular weight is 285 g/mol. The Labute approximate surface area is 103 Å². The Kier molecular flexibility index (Phi) is 2.93. The van der Waals surface area contributed by atoms with Gasteiger partial charge in [-0.1, -0.05) is 22.0 Å². The highest BCUT2D eigenvalue weighted by molar-refractivity contribution is 9.10. The number of cyclic esters (lactones) is 1. The predicted octanol–water partition coefficient (Wildman–Crippen LogP) is 3.01. The lowest BCUT2D eigenvalue weighted by atomic mass is 9.93. The van der Waals surface area contributed by atoms with Crippen LogP contribution in [0.15, 0.2) is 22.7 Å². The highest BCUT2D eigenvalue weighted by atomic mass is 79.9. The van der Waals surface area contributed by atoms with E-state index in [9.17, 15) is 4.79 Å². The molecule has 0 amide bonds. The number of methoxy groups -OCH3 is 1. The molecule has 0 aliphatic carbocycles. The maximum Gasteiger partial charge on any atom is 0.306 e. The molecule has 1 aliphatic heterocycles. The van der Waals surface area contributed by atoms with E-state index in [0.717, 1.165) is 22.2 Å². The lowest BCUT2D eigenvalue weighted by Crippen LogP contribution is -2.21. The van der Waals surface area contributed by atoms with Crippen molar-refractivity contribution in [2.24, 2.45) is 0 Å². The molecule has 3 nitrogen and oxygen atoms in total. The van der Waals surface area contributed by atoms with Gasteiger partial charge in [-0.2, -0.15) is 0 Å². The Morgan fingerprint density at radius 2 is 2.25 bits per heavy atom. The molecule has 1 heterocycles. The van der Waals surface area contributed by atoms with Crippen LogP contribution < -0.4 is 4.74 Å². The molecule has 0 aromatic heterocycles. The van der Waals surface area contributed by atoms with Gasteiger partial charge in [-0.05, 0) is 19.1 Å². The molecule has 1 fully saturated rings. The molecule has 1 atom stereocenters. The van der Waals surface area contributed by atoms with Crippen molar-refractivity contribution in [1.29, 1.82) is 0 Å². The molecule has 1 unspecified atom stereocenters. The summed E-state index contributed by atoms with van der Waals surface area (Å²) in [5, 5.41) is 0. The van der Waals surface area contributed by atoms with Crippen LogP contribution >= 0.6 is 15.9 Å². The molecule has 0 radical (unpaired) electrons. The second kappa shape index (κ2) is 4.09.